The third kappa shape index (κ3) is 4.79. The minimum absolute atomic E-state index is 0.0160. The molecule has 1 aliphatic heterocycles. The Hall–Kier alpha value is -3.55. The summed E-state index contributed by atoms with van der Waals surface area (Å²) in [6.45, 7) is 4.84. The zero-order valence-corrected chi connectivity index (χ0v) is 17.4. The average molecular weight is 424 g/mol. The van der Waals surface area contributed by atoms with Crippen LogP contribution in [0, 0.1) is 5.82 Å². The van der Waals surface area contributed by atoms with Crippen LogP contribution in [0.2, 0.25) is 0 Å². The Labute approximate surface area is 180 Å². The van der Waals surface area contributed by atoms with Gasteiger partial charge in [0.05, 0.1) is 12.3 Å². The maximum atomic E-state index is 14.2. The normalized spacial score (nSPS) is 13.9. The third-order valence-corrected chi connectivity index (χ3v) is 5.15. The Morgan fingerprint density at radius 3 is 2.35 bits per heavy atom. The number of halogens is 1. The lowest BCUT2D eigenvalue weighted by atomic mass is 10.3. The molecule has 2 aromatic carbocycles. The molecule has 2 heterocycles. The molecule has 1 saturated heterocycles. The second-order valence-electron chi connectivity index (χ2n) is 7.11. The molecule has 7 nitrogen and oxygen atoms in total. The summed E-state index contributed by atoms with van der Waals surface area (Å²) in [5, 5.41) is 0. The van der Waals surface area contributed by atoms with E-state index in [2.05, 4.69) is 9.88 Å². The number of ether oxygens (including phenoxy) is 2. The zero-order chi connectivity index (χ0) is 21.6. The maximum Gasteiger partial charge on any atom is 0.260 e. The summed E-state index contributed by atoms with van der Waals surface area (Å²) in [4.78, 5) is 20.8. The van der Waals surface area contributed by atoms with Crippen molar-refractivity contribution in [2.45, 2.75) is 6.92 Å². The van der Waals surface area contributed by atoms with Crippen LogP contribution in [0.25, 0.3) is 5.69 Å². The molecule has 0 bridgehead atoms. The molecular weight excluding hydrogens is 399 g/mol. The van der Waals surface area contributed by atoms with Crippen LogP contribution in [0.5, 0.6) is 11.5 Å². The van der Waals surface area contributed by atoms with E-state index in [4.69, 9.17) is 9.47 Å². The first-order valence-electron chi connectivity index (χ1n) is 10.3. The van der Waals surface area contributed by atoms with Crippen LogP contribution >= 0.6 is 0 Å². The Balaban J connectivity index is 1.31. The SMILES string of the molecule is CCOc1ccc(OCC(=O)N2CCN(c3nccn3-c3ccccc3F)CC2)cc1. The summed E-state index contributed by atoms with van der Waals surface area (Å²) in [6.07, 6.45) is 3.40. The Kier molecular flexibility index (Phi) is 6.35. The fraction of sp³-hybridized carbons (Fsp3) is 0.304. The van der Waals surface area contributed by atoms with E-state index in [-0.39, 0.29) is 18.3 Å². The molecule has 0 spiro atoms. The highest BCUT2D eigenvalue weighted by atomic mass is 19.1. The van der Waals surface area contributed by atoms with Crippen LogP contribution < -0.4 is 14.4 Å². The Morgan fingerprint density at radius 2 is 1.68 bits per heavy atom. The molecule has 1 aromatic heterocycles. The van der Waals surface area contributed by atoms with Crippen molar-refractivity contribution in [2.24, 2.45) is 0 Å². The van der Waals surface area contributed by atoms with E-state index in [1.54, 1.807) is 52.2 Å². The smallest absolute Gasteiger partial charge is 0.260 e. The minimum Gasteiger partial charge on any atom is -0.494 e. The molecule has 0 N–H and O–H groups in total. The van der Waals surface area contributed by atoms with Gasteiger partial charge in [0.1, 0.15) is 17.3 Å². The Bertz CT molecular complexity index is 1010. The highest BCUT2D eigenvalue weighted by Gasteiger charge is 2.24. The first-order chi connectivity index (χ1) is 15.2. The average Bonchev–Trinajstić information content (AvgIpc) is 3.29. The van der Waals surface area contributed by atoms with Gasteiger partial charge in [-0.1, -0.05) is 12.1 Å². The number of hydrogen-bond acceptors (Lipinski definition) is 5. The van der Waals surface area contributed by atoms with Crippen LogP contribution in [0.4, 0.5) is 10.3 Å². The number of rotatable bonds is 7. The van der Waals surface area contributed by atoms with Crippen molar-refractivity contribution in [1.29, 1.82) is 0 Å². The number of amides is 1. The molecular formula is C23H25FN4O3. The van der Waals surface area contributed by atoms with Crippen LogP contribution in [0.1, 0.15) is 6.92 Å². The van der Waals surface area contributed by atoms with Crippen LogP contribution in [0.15, 0.2) is 60.9 Å². The number of imidazole rings is 1. The lowest BCUT2D eigenvalue weighted by molar-refractivity contribution is -0.133. The molecule has 1 fully saturated rings. The van der Waals surface area contributed by atoms with Crippen molar-refractivity contribution in [3.05, 3.63) is 66.7 Å². The number of anilines is 1. The van der Waals surface area contributed by atoms with Crippen molar-refractivity contribution in [2.75, 3.05) is 44.3 Å². The fourth-order valence-corrected chi connectivity index (χ4v) is 3.56. The molecule has 0 atom stereocenters. The van der Waals surface area contributed by atoms with Crippen LogP contribution in [-0.4, -0.2) is 59.8 Å². The number of benzene rings is 2. The lowest BCUT2D eigenvalue weighted by Gasteiger charge is -2.35. The predicted molar refractivity (Wildman–Crippen MR) is 115 cm³/mol. The van der Waals surface area contributed by atoms with Gasteiger partial charge in [-0.05, 0) is 43.3 Å². The Morgan fingerprint density at radius 1 is 1.00 bits per heavy atom. The molecule has 31 heavy (non-hydrogen) atoms. The molecule has 0 aliphatic carbocycles. The molecule has 1 aliphatic rings. The molecule has 4 rings (SSSR count). The predicted octanol–water partition coefficient (Wildman–Crippen LogP) is 3.14. The van der Waals surface area contributed by atoms with Gasteiger partial charge in [-0.2, -0.15) is 0 Å². The maximum absolute atomic E-state index is 14.2. The number of nitrogens with zero attached hydrogens (tertiary/aromatic N) is 4. The summed E-state index contributed by atoms with van der Waals surface area (Å²) in [6, 6.07) is 13.8. The van der Waals surface area contributed by atoms with Gasteiger partial charge in [-0.25, -0.2) is 9.37 Å². The quantitative estimate of drug-likeness (QED) is 0.583. The van der Waals surface area contributed by atoms with E-state index in [0.717, 1.165) is 5.75 Å². The van der Waals surface area contributed by atoms with Crippen LogP contribution in [-0.2, 0) is 4.79 Å². The highest BCUT2D eigenvalue weighted by molar-refractivity contribution is 5.78. The first kappa shape index (κ1) is 20.7. The number of aromatic nitrogens is 2. The lowest BCUT2D eigenvalue weighted by Crippen LogP contribution is -2.50. The van der Waals surface area contributed by atoms with E-state index in [1.165, 1.54) is 6.07 Å². The number of carbonyl (C=O) groups is 1. The number of para-hydroxylation sites is 1. The molecule has 3 aromatic rings. The van der Waals surface area contributed by atoms with Gasteiger partial charge in [0, 0.05) is 38.6 Å². The summed E-state index contributed by atoms with van der Waals surface area (Å²) < 4.78 is 27.0. The zero-order valence-electron chi connectivity index (χ0n) is 17.4. The van der Waals surface area contributed by atoms with Crippen LogP contribution in [0.3, 0.4) is 0 Å². The van der Waals surface area contributed by atoms with Gasteiger partial charge in [0.25, 0.3) is 5.91 Å². The van der Waals surface area contributed by atoms with E-state index in [0.29, 0.717) is 50.2 Å². The molecule has 0 radical (unpaired) electrons. The summed E-state index contributed by atoms with van der Waals surface area (Å²) in [5.74, 6) is 1.70. The fourth-order valence-electron chi connectivity index (χ4n) is 3.56. The van der Waals surface area contributed by atoms with Crippen molar-refractivity contribution in [3.8, 4) is 17.2 Å². The first-order valence-corrected chi connectivity index (χ1v) is 10.3. The largest absolute Gasteiger partial charge is 0.494 e. The van der Waals surface area contributed by atoms with Gasteiger partial charge in [0.15, 0.2) is 6.61 Å². The molecule has 162 valence electrons. The highest BCUT2D eigenvalue weighted by Crippen LogP contribution is 2.22. The molecule has 8 heteroatoms. The second kappa shape index (κ2) is 9.51. The monoisotopic (exact) mass is 424 g/mol. The molecule has 0 unspecified atom stereocenters. The van der Waals surface area contributed by atoms with Gasteiger partial charge in [-0.15, -0.1) is 0 Å². The minimum atomic E-state index is -0.304. The summed E-state index contributed by atoms with van der Waals surface area (Å²) >= 11 is 0. The van der Waals surface area contributed by atoms with Gasteiger partial charge in [-0.3, -0.25) is 9.36 Å². The third-order valence-electron chi connectivity index (χ3n) is 5.15. The van der Waals surface area contributed by atoms with E-state index >= 15 is 0 Å². The molecule has 0 saturated carbocycles. The van der Waals surface area contributed by atoms with E-state index < -0.39 is 0 Å². The van der Waals surface area contributed by atoms with Crippen molar-refractivity contribution < 1.29 is 18.7 Å². The van der Waals surface area contributed by atoms with Gasteiger partial charge in [0.2, 0.25) is 5.95 Å². The van der Waals surface area contributed by atoms with E-state index in [9.17, 15) is 9.18 Å². The summed E-state index contributed by atoms with van der Waals surface area (Å²) in [5.41, 5.74) is 0.456. The second-order valence-corrected chi connectivity index (χ2v) is 7.11. The standard InChI is InChI=1S/C23H25FN4O3/c1-2-30-18-7-9-19(10-8-18)31-17-22(29)26-13-15-27(16-14-26)23-25-11-12-28(23)21-6-4-3-5-20(21)24/h3-12H,2,13-17H2,1H3. The van der Waals surface area contributed by atoms with E-state index in [1.807, 2.05) is 19.1 Å². The van der Waals surface area contributed by atoms with Crippen molar-refractivity contribution in [1.82, 2.24) is 14.5 Å². The van der Waals surface area contributed by atoms with Crippen molar-refractivity contribution in [3.63, 3.8) is 0 Å². The van der Waals surface area contributed by atoms with Crippen molar-refractivity contribution >= 4 is 11.9 Å². The molecule has 1 amide bonds. The summed E-state index contributed by atoms with van der Waals surface area (Å²) in [7, 11) is 0. The van der Waals surface area contributed by atoms with Gasteiger partial charge >= 0.3 is 0 Å². The number of hydrogen-bond donors (Lipinski definition) is 0. The number of carbonyl (C=O) groups excluding carboxylic acids is 1. The topological polar surface area (TPSA) is 59.8 Å². The number of piperazine rings is 1. The van der Waals surface area contributed by atoms with Gasteiger partial charge < -0.3 is 19.3 Å².